The number of hydrogen-bond donors (Lipinski definition) is 1. The summed E-state index contributed by atoms with van der Waals surface area (Å²) in [6, 6.07) is 4.63. The van der Waals surface area contributed by atoms with Crippen LogP contribution in [-0.4, -0.2) is 48.0 Å². The quantitative estimate of drug-likeness (QED) is 0.830. The second-order valence-electron chi connectivity index (χ2n) is 4.53. The fourth-order valence-corrected chi connectivity index (χ4v) is 1.98. The Morgan fingerprint density at radius 3 is 2.81 bits per heavy atom. The summed E-state index contributed by atoms with van der Waals surface area (Å²) in [4.78, 5) is 2.46. The first-order chi connectivity index (χ1) is 7.75. The van der Waals surface area contributed by atoms with E-state index in [1.54, 1.807) is 0 Å². The van der Waals surface area contributed by atoms with Crippen molar-refractivity contribution in [3.8, 4) is 0 Å². The molecule has 1 N–H and O–H groups in total. The van der Waals surface area contributed by atoms with Gasteiger partial charge in [-0.3, -0.25) is 9.58 Å². The molecule has 0 aliphatic carbocycles. The van der Waals surface area contributed by atoms with Gasteiger partial charge in [-0.2, -0.15) is 0 Å². The van der Waals surface area contributed by atoms with Crippen LogP contribution in [0.1, 0.15) is 13.8 Å². The van der Waals surface area contributed by atoms with Crippen molar-refractivity contribution in [3.05, 3.63) is 24.5 Å². The van der Waals surface area contributed by atoms with E-state index in [-0.39, 0.29) is 0 Å². The molecular weight excluding hydrogens is 202 g/mol. The Morgan fingerprint density at radius 2 is 2.12 bits per heavy atom. The van der Waals surface area contributed by atoms with Gasteiger partial charge >= 0.3 is 0 Å². The van der Waals surface area contributed by atoms with Crippen molar-refractivity contribution >= 4 is 0 Å². The first-order valence-corrected chi connectivity index (χ1v) is 5.98. The molecule has 0 amide bonds. The van der Waals surface area contributed by atoms with Crippen molar-refractivity contribution < 1.29 is 4.74 Å². The largest absolute Gasteiger partial charge is 0.374 e. The predicted octanol–water partition coefficient (Wildman–Crippen LogP) is 1.14. The highest BCUT2D eigenvalue weighted by Crippen LogP contribution is 2.08. The van der Waals surface area contributed by atoms with Crippen LogP contribution in [0.15, 0.2) is 24.5 Å². The molecule has 1 saturated heterocycles. The molecule has 1 aliphatic heterocycles. The summed E-state index contributed by atoms with van der Waals surface area (Å²) in [7, 11) is 0. The van der Waals surface area contributed by atoms with Gasteiger partial charge in [0, 0.05) is 31.5 Å². The van der Waals surface area contributed by atoms with Crippen molar-refractivity contribution in [1.82, 2.24) is 9.58 Å². The van der Waals surface area contributed by atoms with E-state index in [2.05, 4.69) is 24.2 Å². The van der Waals surface area contributed by atoms with E-state index in [0.717, 1.165) is 26.2 Å². The van der Waals surface area contributed by atoms with E-state index >= 15 is 0 Å². The number of aromatic nitrogens is 1. The zero-order chi connectivity index (χ0) is 11.4. The second kappa shape index (κ2) is 5.37. The second-order valence-corrected chi connectivity index (χ2v) is 4.53. The van der Waals surface area contributed by atoms with Gasteiger partial charge in [-0.05, 0) is 26.0 Å². The molecule has 1 aromatic rings. The number of ether oxygens (including phenoxy) is 1. The predicted molar refractivity (Wildman–Crippen MR) is 65.1 cm³/mol. The highest BCUT2D eigenvalue weighted by Gasteiger charge is 2.21. The summed E-state index contributed by atoms with van der Waals surface area (Å²) in [5.41, 5.74) is 3.32. The van der Waals surface area contributed by atoms with Gasteiger partial charge in [0.25, 0.3) is 0 Å². The van der Waals surface area contributed by atoms with Gasteiger partial charge < -0.3 is 10.2 Å². The van der Waals surface area contributed by atoms with Gasteiger partial charge in [-0.25, -0.2) is 0 Å². The topological polar surface area (TPSA) is 29.4 Å². The van der Waals surface area contributed by atoms with Crippen LogP contribution in [0, 0.1) is 0 Å². The van der Waals surface area contributed by atoms with Crippen LogP contribution in [0.4, 0.5) is 0 Å². The summed E-state index contributed by atoms with van der Waals surface area (Å²) >= 11 is 0. The molecule has 16 heavy (non-hydrogen) atoms. The molecule has 2 rings (SSSR count). The Hall–Kier alpha value is -1.00. The fourth-order valence-electron chi connectivity index (χ4n) is 1.98. The van der Waals surface area contributed by atoms with E-state index in [1.165, 1.54) is 0 Å². The van der Waals surface area contributed by atoms with Crippen molar-refractivity contribution in [2.45, 2.75) is 26.0 Å². The molecule has 0 aromatic carbocycles. The van der Waals surface area contributed by atoms with Crippen LogP contribution in [0.5, 0.6) is 0 Å². The van der Waals surface area contributed by atoms with Crippen LogP contribution < -0.4 is 5.43 Å². The zero-order valence-electron chi connectivity index (χ0n) is 10.1. The zero-order valence-corrected chi connectivity index (χ0v) is 10.1. The number of hydrogen-bond acceptors (Lipinski definition) is 3. The van der Waals surface area contributed by atoms with Crippen molar-refractivity contribution in [2.75, 3.05) is 31.7 Å². The molecule has 90 valence electrons. The third-order valence-corrected chi connectivity index (χ3v) is 3.01. The molecule has 0 saturated carbocycles. The lowest BCUT2D eigenvalue weighted by molar-refractivity contribution is -0.0325. The van der Waals surface area contributed by atoms with Crippen molar-refractivity contribution in [1.29, 1.82) is 0 Å². The Balaban J connectivity index is 1.77. The maximum Gasteiger partial charge on any atom is 0.0890 e. The first-order valence-electron chi connectivity index (χ1n) is 5.98. The van der Waals surface area contributed by atoms with E-state index in [0.29, 0.717) is 12.1 Å². The third kappa shape index (κ3) is 3.00. The Labute approximate surface area is 97.2 Å². The molecule has 4 heteroatoms. The smallest absolute Gasteiger partial charge is 0.0890 e. The minimum Gasteiger partial charge on any atom is -0.374 e. The highest BCUT2D eigenvalue weighted by atomic mass is 16.5. The maximum absolute atomic E-state index is 5.74. The SMILES string of the molecule is CC(C)N1CCOC(CNn2cccc2)C1. The Kier molecular flexibility index (Phi) is 3.85. The van der Waals surface area contributed by atoms with E-state index in [4.69, 9.17) is 4.74 Å². The van der Waals surface area contributed by atoms with Crippen molar-refractivity contribution in [2.24, 2.45) is 0 Å². The minimum atomic E-state index is 0.290. The third-order valence-electron chi connectivity index (χ3n) is 3.01. The van der Waals surface area contributed by atoms with E-state index in [1.807, 2.05) is 29.2 Å². The number of nitrogens with one attached hydrogen (secondary N) is 1. The Morgan fingerprint density at radius 1 is 1.38 bits per heavy atom. The molecule has 0 radical (unpaired) electrons. The normalized spacial score (nSPS) is 22.6. The van der Waals surface area contributed by atoms with Crippen LogP contribution in [0.25, 0.3) is 0 Å². The molecule has 2 heterocycles. The Bertz CT molecular complexity index is 297. The van der Waals surface area contributed by atoms with Gasteiger partial charge in [0.2, 0.25) is 0 Å². The fraction of sp³-hybridized carbons (Fsp3) is 0.667. The number of nitrogens with zero attached hydrogens (tertiary/aromatic N) is 2. The standard InChI is InChI=1S/C12H21N3O/c1-11(2)14-7-8-16-12(10-14)9-13-15-5-3-4-6-15/h3-6,11-13H,7-10H2,1-2H3. The minimum absolute atomic E-state index is 0.290. The highest BCUT2D eigenvalue weighted by molar-refractivity contribution is 4.94. The lowest BCUT2D eigenvalue weighted by atomic mass is 10.2. The van der Waals surface area contributed by atoms with Gasteiger partial charge in [-0.1, -0.05) is 0 Å². The maximum atomic E-state index is 5.74. The molecule has 4 nitrogen and oxygen atoms in total. The van der Waals surface area contributed by atoms with Crippen molar-refractivity contribution in [3.63, 3.8) is 0 Å². The molecule has 1 aromatic heterocycles. The molecule has 1 fully saturated rings. The van der Waals surface area contributed by atoms with E-state index in [9.17, 15) is 0 Å². The average molecular weight is 223 g/mol. The van der Waals surface area contributed by atoms with Crippen LogP contribution in [-0.2, 0) is 4.74 Å². The molecule has 0 spiro atoms. The van der Waals surface area contributed by atoms with Gasteiger partial charge in [0.1, 0.15) is 0 Å². The van der Waals surface area contributed by atoms with Crippen LogP contribution >= 0.6 is 0 Å². The lowest BCUT2D eigenvalue weighted by Crippen LogP contribution is -2.48. The van der Waals surface area contributed by atoms with Crippen LogP contribution in [0.3, 0.4) is 0 Å². The van der Waals surface area contributed by atoms with Gasteiger partial charge in [-0.15, -0.1) is 0 Å². The summed E-state index contributed by atoms with van der Waals surface area (Å²) in [6.45, 7) is 8.25. The van der Waals surface area contributed by atoms with Gasteiger partial charge in [0.05, 0.1) is 19.3 Å². The van der Waals surface area contributed by atoms with E-state index < -0.39 is 0 Å². The summed E-state index contributed by atoms with van der Waals surface area (Å²) in [5.74, 6) is 0. The first kappa shape index (κ1) is 11.5. The monoisotopic (exact) mass is 223 g/mol. The number of rotatable bonds is 4. The molecule has 1 unspecified atom stereocenters. The molecular formula is C12H21N3O. The van der Waals surface area contributed by atoms with Gasteiger partial charge in [0.15, 0.2) is 0 Å². The van der Waals surface area contributed by atoms with Crippen LogP contribution in [0.2, 0.25) is 0 Å². The molecule has 0 bridgehead atoms. The molecule has 1 atom stereocenters. The average Bonchev–Trinajstić information content (AvgIpc) is 2.79. The number of morpholine rings is 1. The summed E-state index contributed by atoms with van der Waals surface area (Å²) in [5, 5.41) is 0. The summed E-state index contributed by atoms with van der Waals surface area (Å²) < 4.78 is 7.71. The lowest BCUT2D eigenvalue weighted by Gasteiger charge is -2.35. The molecule has 1 aliphatic rings. The summed E-state index contributed by atoms with van der Waals surface area (Å²) in [6.07, 6.45) is 4.30.